The quantitative estimate of drug-likeness (QED) is 0.139. The molecule has 0 saturated heterocycles. The number of carbonyl (C=O) groups excluding carboxylic acids is 2. The number of hydrogen-bond donors (Lipinski definition) is 2. The van der Waals surface area contributed by atoms with Crippen LogP contribution >= 0.6 is 0 Å². The number of hydrogen-bond acceptors (Lipinski definition) is 7. The number of aromatic nitrogens is 2. The summed E-state index contributed by atoms with van der Waals surface area (Å²) in [6, 6.07) is 14.8. The smallest absolute Gasteiger partial charge is 0.251 e. The van der Waals surface area contributed by atoms with Gasteiger partial charge >= 0.3 is 0 Å². The molecule has 0 aliphatic carbocycles. The number of nitrogens with one attached hydrogen (secondary N) is 2. The number of aliphatic imine (C=N–C) groups is 1. The fourth-order valence-electron chi connectivity index (χ4n) is 3.29. The third kappa shape index (κ3) is 8.71. The van der Waals surface area contributed by atoms with E-state index in [-0.39, 0.29) is 12.5 Å². The largest absolute Gasteiger partial charge is 0.393 e. The van der Waals surface area contributed by atoms with Crippen molar-refractivity contribution in [2.45, 2.75) is 6.92 Å². The standard InChI is InChI=1S/C17H26N6O.C9H9NO2/c1-13-15-7-6-14(12-16(15)23(5)20-13)17(19-3)21-24-11-10-22(4)9-8-18-2;11-7-6-10-9(12)8-4-2-1-3-5-8/h6-7,12,18H,3,8-11H2,1-2,4-5H3;1-5,7H,6H2,(H,10,12)/b21-17-;. The molecule has 2 N–H and O–H groups in total. The number of amidine groups is 1. The molecule has 2 aromatic carbocycles. The van der Waals surface area contributed by atoms with Crippen LogP contribution < -0.4 is 10.6 Å². The van der Waals surface area contributed by atoms with Gasteiger partial charge in [-0.15, -0.1) is 0 Å². The minimum atomic E-state index is -0.220. The van der Waals surface area contributed by atoms with Gasteiger partial charge in [0.05, 0.1) is 17.8 Å². The van der Waals surface area contributed by atoms with Gasteiger partial charge in [0.25, 0.3) is 5.91 Å². The molecular formula is C26H35N7O3. The van der Waals surface area contributed by atoms with E-state index in [1.54, 1.807) is 24.3 Å². The van der Waals surface area contributed by atoms with Crippen molar-refractivity contribution in [1.82, 2.24) is 25.3 Å². The van der Waals surface area contributed by atoms with Gasteiger partial charge in [0.15, 0.2) is 5.84 Å². The number of benzene rings is 2. The first kappa shape index (κ1) is 28.3. The molecule has 0 radical (unpaired) electrons. The lowest BCUT2D eigenvalue weighted by Crippen LogP contribution is -2.29. The number of amides is 1. The molecule has 192 valence electrons. The third-order valence-electron chi connectivity index (χ3n) is 5.28. The van der Waals surface area contributed by atoms with Crippen LogP contribution in [0.1, 0.15) is 21.6 Å². The Morgan fingerprint density at radius 1 is 1.19 bits per heavy atom. The molecule has 1 heterocycles. The number of fused-ring (bicyclic) bond motifs is 1. The first-order valence-corrected chi connectivity index (χ1v) is 11.6. The number of aldehydes is 1. The first-order valence-electron chi connectivity index (χ1n) is 11.6. The summed E-state index contributed by atoms with van der Waals surface area (Å²) in [5.74, 6) is 0.260. The zero-order valence-corrected chi connectivity index (χ0v) is 21.4. The van der Waals surface area contributed by atoms with Crippen molar-refractivity contribution in [2.75, 3.05) is 46.9 Å². The molecule has 3 rings (SSSR count). The van der Waals surface area contributed by atoms with Gasteiger partial charge in [-0.3, -0.25) is 9.48 Å². The molecular weight excluding hydrogens is 458 g/mol. The predicted octanol–water partition coefficient (Wildman–Crippen LogP) is 2.03. The van der Waals surface area contributed by atoms with Gasteiger partial charge in [-0.2, -0.15) is 5.10 Å². The topological polar surface area (TPSA) is 113 Å². The molecule has 1 amide bonds. The molecule has 0 aliphatic heterocycles. The fourth-order valence-corrected chi connectivity index (χ4v) is 3.29. The summed E-state index contributed by atoms with van der Waals surface area (Å²) in [6.07, 6.45) is 0.654. The van der Waals surface area contributed by atoms with E-state index in [9.17, 15) is 9.59 Å². The van der Waals surface area contributed by atoms with Gasteiger partial charge in [0.2, 0.25) is 0 Å². The van der Waals surface area contributed by atoms with Crippen LogP contribution in [0, 0.1) is 6.92 Å². The first-order chi connectivity index (χ1) is 17.4. The zero-order valence-electron chi connectivity index (χ0n) is 21.4. The van der Waals surface area contributed by atoms with E-state index in [0.717, 1.165) is 41.8 Å². The Kier molecular flexibility index (Phi) is 12.0. The number of rotatable bonds is 11. The average Bonchev–Trinajstić information content (AvgIpc) is 3.19. The van der Waals surface area contributed by atoms with Crippen LogP contribution in [0.4, 0.5) is 0 Å². The Morgan fingerprint density at radius 2 is 1.94 bits per heavy atom. The summed E-state index contributed by atoms with van der Waals surface area (Å²) in [6.45, 7) is 8.88. The summed E-state index contributed by atoms with van der Waals surface area (Å²) >= 11 is 0. The number of aryl methyl sites for hydroxylation is 2. The van der Waals surface area contributed by atoms with Crippen LogP contribution in [0.15, 0.2) is 58.7 Å². The second kappa shape index (κ2) is 15.2. The molecule has 0 saturated carbocycles. The van der Waals surface area contributed by atoms with Crippen molar-refractivity contribution in [3.05, 3.63) is 65.4 Å². The van der Waals surface area contributed by atoms with E-state index < -0.39 is 0 Å². The van der Waals surface area contributed by atoms with Gasteiger partial charge < -0.3 is 25.2 Å². The molecule has 10 nitrogen and oxygen atoms in total. The van der Waals surface area contributed by atoms with E-state index in [2.05, 4.69) is 44.5 Å². The number of nitrogens with zero attached hydrogens (tertiary/aromatic N) is 5. The highest BCUT2D eigenvalue weighted by Gasteiger charge is 2.09. The minimum absolute atomic E-state index is 0.0632. The Labute approximate surface area is 212 Å². The molecule has 0 bridgehead atoms. The predicted molar refractivity (Wildman–Crippen MR) is 144 cm³/mol. The number of oxime groups is 1. The molecule has 0 aliphatic rings. The Hall–Kier alpha value is -3.89. The summed E-state index contributed by atoms with van der Waals surface area (Å²) in [5.41, 5.74) is 3.47. The summed E-state index contributed by atoms with van der Waals surface area (Å²) < 4.78 is 1.85. The van der Waals surface area contributed by atoms with Gasteiger partial charge in [0, 0.05) is 43.2 Å². The van der Waals surface area contributed by atoms with Crippen LogP contribution in [0.5, 0.6) is 0 Å². The van der Waals surface area contributed by atoms with Crippen molar-refractivity contribution in [3.63, 3.8) is 0 Å². The summed E-state index contributed by atoms with van der Waals surface area (Å²) in [5, 5.41) is 15.2. The molecule has 0 atom stereocenters. The molecule has 0 unspecified atom stereocenters. The SMILES string of the molecule is C=N/C(=N\OCCN(C)CCNC)c1ccc2c(C)nn(C)c2c1.O=CCNC(=O)c1ccccc1. The summed E-state index contributed by atoms with van der Waals surface area (Å²) in [7, 11) is 5.92. The molecule has 10 heteroatoms. The molecule has 0 spiro atoms. The Bertz CT molecular complexity index is 1160. The van der Waals surface area contributed by atoms with Crippen LogP contribution in [0.3, 0.4) is 0 Å². The Balaban J connectivity index is 0.000000319. The zero-order chi connectivity index (χ0) is 26.3. The lowest BCUT2D eigenvalue weighted by molar-refractivity contribution is -0.107. The maximum absolute atomic E-state index is 11.1. The lowest BCUT2D eigenvalue weighted by atomic mass is 10.1. The third-order valence-corrected chi connectivity index (χ3v) is 5.28. The van der Waals surface area contributed by atoms with Crippen LogP contribution in [0.25, 0.3) is 10.9 Å². The highest BCUT2D eigenvalue weighted by Crippen LogP contribution is 2.19. The van der Waals surface area contributed by atoms with Crippen molar-refractivity contribution in [3.8, 4) is 0 Å². The van der Waals surface area contributed by atoms with Crippen molar-refractivity contribution in [2.24, 2.45) is 17.2 Å². The molecule has 3 aromatic rings. The van der Waals surface area contributed by atoms with E-state index in [1.807, 2.05) is 50.0 Å². The van der Waals surface area contributed by atoms with E-state index in [0.29, 0.717) is 24.3 Å². The van der Waals surface area contributed by atoms with E-state index in [1.165, 1.54) is 0 Å². The van der Waals surface area contributed by atoms with Crippen molar-refractivity contribution in [1.29, 1.82) is 0 Å². The summed E-state index contributed by atoms with van der Waals surface area (Å²) in [4.78, 5) is 32.6. The van der Waals surface area contributed by atoms with Crippen LogP contribution in [-0.4, -0.2) is 86.3 Å². The highest BCUT2D eigenvalue weighted by molar-refractivity contribution is 6.03. The maximum atomic E-state index is 11.1. The van der Waals surface area contributed by atoms with Crippen molar-refractivity contribution < 1.29 is 14.4 Å². The van der Waals surface area contributed by atoms with Crippen LogP contribution in [0.2, 0.25) is 0 Å². The Morgan fingerprint density at radius 3 is 2.61 bits per heavy atom. The normalized spacial score (nSPS) is 11.1. The lowest BCUT2D eigenvalue weighted by Gasteiger charge is -2.15. The van der Waals surface area contributed by atoms with E-state index >= 15 is 0 Å². The maximum Gasteiger partial charge on any atom is 0.251 e. The second-order valence-corrected chi connectivity index (χ2v) is 8.00. The van der Waals surface area contributed by atoms with Gasteiger partial charge in [0.1, 0.15) is 12.9 Å². The van der Waals surface area contributed by atoms with Crippen LogP contribution in [-0.2, 0) is 16.7 Å². The van der Waals surface area contributed by atoms with Gasteiger partial charge in [-0.25, -0.2) is 4.99 Å². The second-order valence-electron chi connectivity index (χ2n) is 8.00. The molecule has 36 heavy (non-hydrogen) atoms. The average molecular weight is 494 g/mol. The monoisotopic (exact) mass is 493 g/mol. The molecule has 0 fully saturated rings. The number of likely N-dealkylation sites (N-methyl/N-ethyl adjacent to an activating group) is 2. The highest BCUT2D eigenvalue weighted by atomic mass is 16.6. The van der Waals surface area contributed by atoms with Gasteiger partial charge in [-0.1, -0.05) is 35.5 Å². The molecule has 1 aromatic heterocycles. The van der Waals surface area contributed by atoms with Crippen molar-refractivity contribution >= 4 is 35.6 Å². The number of carbonyl (C=O) groups is 2. The minimum Gasteiger partial charge on any atom is -0.393 e. The van der Waals surface area contributed by atoms with Gasteiger partial charge in [-0.05, 0) is 45.9 Å². The van der Waals surface area contributed by atoms with E-state index in [4.69, 9.17) is 4.84 Å². The fraction of sp³-hybridized carbons (Fsp3) is 0.346.